The van der Waals surface area contributed by atoms with Crippen LogP contribution in [0.1, 0.15) is 46.1 Å². The van der Waals surface area contributed by atoms with E-state index in [1.165, 1.54) is 22.2 Å². The van der Waals surface area contributed by atoms with Crippen LogP contribution in [0, 0.1) is 0 Å². The molecule has 118 valence electrons. The summed E-state index contributed by atoms with van der Waals surface area (Å²) in [7, 11) is 0. The Balaban J connectivity index is 1.79. The van der Waals surface area contributed by atoms with Gasteiger partial charge in [0.15, 0.2) is 6.29 Å². The van der Waals surface area contributed by atoms with Crippen LogP contribution in [0.4, 0.5) is 0 Å². The fourth-order valence-electron chi connectivity index (χ4n) is 4.36. The van der Waals surface area contributed by atoms with Gasteiger partial charge < -0.3 is 9.97 Å². The lowest BCUT2D eigenvalue weighted by atomic mass is 9.81. The van der Waals surface area contributed by atoms with Crippen molar-refractivity contribution in [1.82, 2.24) is 9.97 Å². The van der Waals surface area contributed by atoms with Crippen molar-refractivity contribution < 1.29 is 4.79 Å². The van der Waals surface area contributed by atoms with Gasteiger partial charge >= 0.3 is 0 Å². The molecule has 2 aromatic heterocycles. The highest BCUT2D eigenvalue weighted by Gasteiger charge is 2.29. The van der Waals surface area contributed by atoms with E-state index in [9.17, 15) is 4.79 Å². The summed E-state index contributed by atoms with van der Waals surface area (Å²) in [6, 6.07) is 16.7. The molecule has 1 atom stereocenters. The van der Waals surface area contributed by atoms with Crippen molar-refractivity contribution in [1.29, 1.82) is 0 Å². The highest BCUT2D eigenvalue weighted by molar-refractivity contribution is 5.94. The summed E-state index contributed by atoms with van der Waals surface area (Å²) in [5, 5.41) is 2.49. The zero-order valence-corrected chi connectivity index (χ0v) is 13.3. The number of benzene rings is 2. The number of aromatic nitrogens is 2. The Hall–Kier alpha value is -2.81. The Morgan fingerprint density at radius 2 is 1.62 bits per heavy atom. The maximum atomic E-state index is 11.7. The van der Waals surface area contributed by atoms with Gasteiger partial charge in [-0.25, -0.2) is 0 Å². The molecule has 0 saturated carbocycles. The Morgan fingerprint density at radius 1 is 0.917 bits per heavy atom. The van der Waals surface area contributed by atoms with Gasteiger partial charge in [-0.2, -0.15) is 0 Å². The molecule has 1 unspecified atom stereocenters. The summed E-state index contributed by atoms with van der Waals surface area (Å²) in [4.78, 5) is 18.6. The second-order valence-electron chi connectivity index (χ2n) is 6.62. The number of fused-ring (bicyclic) bond motifs is 4. The SMILES string of the molecule is O=Cc1[nH]c2ccccc2c1C1CCCc2c1[nH]c1ccccc21. The van der Waals surface area contributed by atoms with Crippen molar-refractivity contribution in [3.05, 3.63) is 71.0 Å². The third-order valence-corrected chi connectivity index (χ3v) is 5.36. The number of aromatic amines is 2. The molecular weight excluding hydrogens is 296 g/mol. The minimum absolute atomic E-state index is 0.248. The molecule has 2 N–H and O–H groups in total. The van der Waals surface area contributed by atoms with E-state index in [2.05, 4.69) is 40.3 Å². The predicted molar refractivity (Wildman–Crippen MR) is 96.8 cm³/mol. The molecule has 3 nitrogen and oxygen atoms in total. The topological polar surface area (TPSA) is 48.6 Å². The van der Waals surface area contributed by atoms with Gasteiger partial charge in [0, 0.05) is 33.4 Å². The summed E-state index contributed by atoms with van der Waals surface area (Å²) in [6.07, 6.45) is 4.29. The molecule has 2 aromatic carbocycles. The average Bonchev–Trinajstić information content (AvgIpc) is 3.19. The first-order chi connectivity index (χ1) is 11.9. The van der Waals surface area contributed by atoms with Crippen LogP contribution in [-0.4, -0.2) is 16.3 Å². The molecule has 0 radical (unpaired) electrons. The molecule has 3 heteroatoms. The third-order valence-electron chi connectivity index (χ3n) is 5.36. The first kappa shape index (κ1) is 13.6. The van der Waals surface area contributed by atoms with Crippen LogP contribution in [0.15, 0.2) is 48.5 Å². The number of rotatable bonds is 2. The highest BCUT2D eigenvalue weighted by Crippen LogP contribution is 2.42. The van der Waals surface area contributed by atoms with Crippen LogP contribution < -0.4 is 0 Å². The molecule has 1 aliphatic rings. The lowest BCUT2D eigenvalue weighted by Gasteiger charge is -2.23. The van der Waals surface area contributed by atoms with Crippen molar-refractivity contribution in [3.8, 4) is 0 Å². The Bertz CT molecular complexity index is 1070. The third kappa shape index (κ3) is 1.81. The molecule has 0 fully saturated rings. The zero-order chi connectivity index (χ0) is 16.1. The molecule has 0 aliphatic heterocycles. The quantitative estimate of drug-likeness (QED) is 0.506. The molecule has 0 amide bonds. The summed E-state index contributed by atoms with van der Waals surface area (Å²) in [5.41, 5.74) is 6.81. The van der Waals surface area contributed by atoms with E-state index in [1.54, 1.807) is 0 Å². The van der Waals surface area contributed by atoms with Gasteiger partial charge in [0.25, 0.3) is 0 Å². The van der Waals surface area contributed by atoms with Crippen LogP contribution in [0.3, 0.4) is 0 Å². The Morgan fingerprint density at radius 3 is 2.42 bits per heavy atom. The maximum absolute atomic E-state index is 11.7. The van der Waals surface area contributed by atoms with Crippen LogP contribution in [0.25, 0.3) is 21.8 Å². The number of hydrogen-bond donors (Lipinski definition) is 2. The molecule has 24 heavy (non-hydrogen) atoms. The molecule has 5 rings (SSSR count). The summed E-state index contributed by atoms with van der Waals surface area (Å²) in [5.74, 6) is 0.248. The zero-order valence-electron chi connectivity index (χ0n) is 13.3. The monoisotopic (exact) mass is 314 g/mol. The predicted octanol–water partition coefficient (Wildman–Crippen LogP) is 4.93. The van der Waals surface area contributed by atoms with Crippen molar-refractivity contribution in [2.45, 2.75) is 25.2 Å². The van der Waals surface area contributed by atoms with Crippen molar-refractivity contribution in [2.75, 3.05) is 0 Å². The van der Waals surface area contributed by atoms with Gasteiger partial charge in [0.1, 0.15) is 0 Å². The lowest BCUT2D eigenvalue weighted by molar-refractivity contribution is 0.111. The van der Waals surface area contributed by atoms with Gasteiger partial charge in [0.2, 0.25) is 0 Å². The average molecular weight is 314 g/mol. The van der Waals surface area contributed by atoms with Crippen molar-refractivity contribution in [2.24, 2.45) is 0 Å². The molecule has 0 saturated heterocycles. The molecule has 0 bridgehead atoms. The Kier molecular flexibility index (Phi) is 2.89. The van der Waals surface area contributed by atoms with Crippen molar-refractivity contribution >= 4 is 28.1 Å². The van der Waals surface area contributed by atoms with E-state index in [-0.39, 0.29) is 5.92 Å². The van der Waals surface area contributed by atoms with Gasteiger partial charge in [-0.15, -0.1) is 0 Å². The standard InChI is InChI=1S/C21H18N2O/c24-12-19-20(15-7-2-4-11-18(15)22-19)16-9-5-8-14-13-6-1-3-10-17(13)23-21(14)16/h1-4,6-7,10-12,16,22-23H,5,8-9H2. The molecule has 1 aliphatic carbocycles. The number of nitrogens with one attached hydrogen (secondary N) is 2. The van der Waals surface area contributed by atoms with Gasteiger partial charge in [0.05, 0.1) is 5.69 Å². The minimum Gasteiger partial charge on any atom is -0.358 e. The number of H-pyrrole nitrogens is 2. The second kappa shape index (κ2) is 5.10. The van der Waals surface area contributed by atoms with E-state index in [0.29, 0.717) is 5.69 Å². The second-order valence-corrected chi connectivity index (χ2v) is 6.62. The first-order valence-corrected chi connectivity index (χ1v) is 8.52. The van der Waals surface area contributed by atoms with Crippen LogP contribution in [0.2, 0.25) is 0 Å². The number of hydrogen-bond acceptors (Lipinski definition) is 1. The summed E-state index contributed by atoms with van der Waals surface area (Å²) < 4.78 is 0. The summed E-state index contributed by atoms with van der Waals surface area (Å²) in [6.45, 7) is 0. The number of aldehydes is 1. The van der Waals surface area contributed by atoms with Crippen LogP contribution in [-0.2, 0) is 6.42 Å². The molecule has 2 heterocycles. The van der Waals surface area contributed by atoms with Crippen LogP contribution in [0.5, 0.6) is 0 Å². The molecular formula is C21H18N2O. The molecule has 4 aromatic rings. The summed E-state index contributed by atoms with van der Waals surface area (Å²) >= 11 is 0. The number of carbonyl (C=O) groups is 1. The number of para-hydroxylation sites is 2. The fourth-order valence-corrected chi connectivity index (χ4v) is 4.36. The van der Waals surface area contributed by atoms with E-state index in [0.717, 1.165) is 42.0 Å². The lowest BCUT2D eigenvalue weighted by Crippen LogP contribution is -2.11. The molecule has 0 spiro atoms. The van der Waals surface area contributed by atoms with Gasteiger partial charge in [-0.3, -0.25) is 4.79 Å². The minimum atomic E-state index is 0.248. The van der Waals surface area contributed by atoms with E-state index < -0.39 is 0 Å². The largest absolute Gasteiger partial charge is 0.358 e. The first-order valence-electron chi connectivity index (χ1n) is 8.52. The van der Waals surface area contributed by atoms with E-state index in [4.69, 9.17) is 0 Å². The van der Waals surface area contributed by atoms with Crippen LogP contribution >= 0.6 is 0 Å². The number of aryl methyl sites for hydroxylation is 1. The van der Waals surface area contributed by atoms with E-state index >= 15 is 0 Å². The smallest absolute Gasteiger partial charge is 0.166 e. The van der Waals surface area contributed by atoms with Crippen molar-refractivity contribution in [3.63, 3.8) is 0 Å². The van der Waals surface area contributed by atoms with E-state index in [1.807, 2.05) is 18.2 Å². The van der Waals surface area contributed by atoms with Gasteiger partial charge in [-0.1, -0.05) is 36.4 Å². The fraction of sp³-hybridized carbons (Fsp3) is 0.190. The van der Waals surface area contributed by atoms with Gasteiger partial charge in [-0.05, 0) is 42.5 Å². The highest BCUT2D eigenvalue weighted by atomic mass is 16.1. The number of carbonyl (C=O) groups excluding carboxylic acids is 1. The maximum Gasteiger partial charge on any atom is 0.166 e. The Labute approximate surface area is 139 Å². The normalized spacial score (nSPS) is 17.2.